The lowest BCUT2D eigenvalue weighted by Crippen LogP contribution is -2.42. The van der Waals surface area contributed by atoms with E-state index in [2.05, 4.69) is 25.3 Å². The van der Waals surface area contributed by atoms with Crippen molar-refractivity contribution in [2.24, 2.45) is 0 Å². The van der Waals surface area contributed by atoms with E-state index in [0.29, 0.717) is 42.8 Å². The van der Waals surface area contributed by atoms with Crippen LogP contribution in [0.15, 0.2) is 58.7 Å². The molecule has 17 heteroatoms. The summed E-state index contributed by atoms with van der Waals surface area (Å²) >= 11 is 0. The third-order valence-corrected chi connectivity index (χ3v) is 9.43. The summed E-state index contributed by atoms with van der Waals surface area (Å²) in [6.45, 7) is 0.524. The van der Waals surface area contributed by atoms with E-state index in [4.69, 9.17) is 10.7 Å². The summed E-state index contributed by atoms with van der Waals surface area (Å²) < 4.78 is 76.9. The van der Waals surface area contributed by atoms with Crippen molar-refractivity contribution < 1.29 is 25.6 Å². The summed E-state index contributed by atoms with van der Waals surface area (Å²) in [6.07, 6.45) is 4.46. The molecule has 12 nitrogen and oxygen atoms in total. The van der Waals surface area contributed by atoms with Crippen LogP contribution in [0.3, 0.4) is 0 Å². The van der Waals surface area contributed by atoms with E-state index in [0.717, 1.165) is 23.1 Å². The number of anilines is 1. The lowest BCUT2D eigenvalue weighted by atomic mass is 10.1. The predicted octanol–water partition coefficient (Wildman–Crippen LogP) is 3.00. The molecule has 0 radical (unpaired) electrons. The molecule has 0 amide bonds. The van der Waals surface area contributed by atoms with E-state index < -0.39 is 36.6 Å². The van der Waals surface area contributed by atoms with Crippen molar-refractivity contribution in [3.05, 3.63) is 70.5 Å². The maximum absolute atomic E-state index is 13.8. The van der Waals surface area contributed by atoms with Crippen LogP contribution >= 0.6 is 10.7 Å². The summed E-state index contributed by atoms with van der Waals surface area (Å²) in [6, 6.07) is 5.45. The fourth-order valence-corrected chi connectivity index (χ4v) is 6.21. The van der Waals surface area contributed by atoms with Crippen LogP contribution in [0, 0.1) is 0 Å². The highest BCUT2D eigenvalue weighted by atomic mass is 35.7. The number of nitrogens with zero attached hydrogens (tertiary/aromatic N) is 6. The smallest absolute Gasteiger partial charge is 0.269 e. The molecule has 0 saturated carbocycles. The molecule has 4 aromatic rings. The largest absolute Gasteiger partial charge is 0.351 e. The van der Waals surface area contributed by atoms with Crippen molar-refractivity contribution >= 4 is 46.7 Å². The predicted molar refractivity (Wildman–Crippen MR) is 151 cm³/mol. The number of sulfonamides is 1. The molecule has 0 aromatic carbocycles. The lowest BCUT2D eigenvalue weighted by Gasteiger charge is -2.30. The maximum Gasteiger partial charge on any atom is 0.269 e. The average Bonchev–Trinajstić information content (AvgIpc) is 2.94. The van der Waals surface area contributed by atoms with Gasteiger partial charge in [0, 0.05) is 65.6 Å². The highest BCUT2D eigenvalue weighted by Gasteiger charge is 2.26. The molecule has 0 spiro atoms. The van der Waals surface area contributed by atoms with Gasteiger partial charge in [0.15, 0.2) is 0 Å². The number of halogens is 3. The van der Waals surface area contributed by atoms with Gasteiger partial charge >= 0.3 is 0 Å². The van der Waals surface area contributed by atoms with Crippen LogP contribution in [0.1, 0.15) is 30.4 Å². The van der Waals surface area contributed by atoms with Crippen molar-refractivity contribution in [3.8, 4) is 11.3 Å². The van der Waals surface area contributed by atoms with Gasteiger partial charge in [-0.2, -0.15) is 4.98 Å². The number of rotatable bonds is 8. The first-order valence-corrected chi connectivity index (χ1v) is 16.7. The molecule has 5 heterocycles. The fraction of sp³-hybridized carbons (Fsp3) is 0.320. The minimum atomic E-state index is -4.00. The van der Waals surface area contributed by atoms with E-state index in [1.165, 1.54) is 29.0 Å². The molecule has 0 aliphatic carbocycles. The van der Waals surface area contributed by atoms with Gasteiger partial charge in [0.2, 0.25) is 16.0 Å². The van der Waals surface area contributed by atoms with Crippen molar-refractivity contribution in [3.63, 3.8) is 0 Å². The van der Waals surface area contributed by atoms with Gasteiger partial charge in [0.05, 0.1) is 24.1 Å². The number of aromatic nitrogens is 5. The highest BCUT2D eigenvalue weighted by molar-refractivity contribution is 8.13. The van der Waals surface area contributed by atoms with Gasteiger partial charge in [-0.25, -0.2) is 34.9 Å². The lowest BCUT2D eigenvalue weighted by molar-refractivity contribution is 0.149. The van der Waals surface area contributed by atoms with Gasteiger partial charge in [-0.15, -0.1) is 0 Å². The molecule has 5 rings (SSSR count). The van der Waals surface area contributed by atoms with Crippen LogP contribution in [0.5, 0.6) is 0 Å². The normalized spacial score (nSPS) is 15.4. The Bertz CT molecular complexity index is 1920. The molecule has 0 unspecified atom stereocenters. The number of nitrogens with one attached hydrogen (secondary N) is 1. The molecule has 1 aliphatic heterocycles. The molecular formula is C25H24ClF2N7O5S2. The molecule has 42 heavy (non-hydrogen) atoms. The topological polar surface area (TPSA) is 157 Å². The Morgan fingerprint density at radius 2 is 1.79 bits per heavy atom. The summed E-state index contributed by atoms with van der Waals surface area (Å²) in [4.78, 5) is 29.8. The first-order chi connectivity index (χ1) is 19.8. The summed E-state index contributed by atoms with van der Waals surface area (Å²) in [5.74, 6) is 0.174. The van der Waals surface area contributed by atoms with Crippen LogP contribution in [0.2, 0.25) is 0 Å². The first-order valence-electron chi connectivity index (χ1n) is 12.5. The van der Waals surface area contributed by atoms with Crippen LogP contribution in [-0.2, 0) is 25.6 Å². The van der Waals surface area contributed by atoms with Gasteiger partial charge in [-0.05, 0) is 36.6 Å². The van der Waals surface area contributed by atoms with E-state index >= 15 is 0 Å². The zero-order chi connectivity index (χ0) is 30.2. The fourth-order valence-electron chi connectivity index (χ4n) is 4.63. The molecule has 4 aromatic heterocycles. The molecule has 0 atom stereocenters. The number of hydrogen-bond acceptors (Lipinski definition) is 10. The van der Waals surface area contributed by atoms with E-state index in [9.17, 15) is 30.4 Å². The minimum absolute atomic E-state index is 0.125. The van der Waals surface area contributed by atoms with E-state index in [1.807, 2.05) is 0 Å². The molecule has 0 bridgehead atoms. The summed E-state index contributed by atoms with van der Waals surface area (Å²) in [5, 5.41) is 3.39. The van der Waals surface area contributed by atoms with Gasteiger partial charge in [-0.3, -0.25) is 19.3 Å². The minimum Gasteiger partial charge on any atom is -0.351 e. The van der Waals surface area contributed by atoms with Crippen LogP contribution in [0.25, 0.3) is 22.3 Å². The number of fused-ring (bicyclic) bond motifs is 1. The number of piperidine rings is 1. The number of pyridine rings is 3. The number of alkyl halides is 2. The summed E-state index contributed by atoms with van der Waals surface area (Å²) in [7, 11) is -1.89. The quantitative estimate of drug-likeness (QED) is 0.284. The van der Waals surface area contributed by atoms with Gasteiger partial charge < -0.3 is 5.32 Å². The SMILES string of the molecule is CS(=O)(=O)N1CCC(Nc2ncc3cc(C(F)F)c(=O)n(Cc4ccc(-c5cncc(S(=O)(=O)Cl)c5)nc4)c3n2)CC1. The number of hydrogen-bond donors (Lipinski definition) is 1. The van der Waals surface area contributed by atoms with Crippen molar-refractivity contribution in [2.45, 2.75) is 36.7 Å². The van der Waals surface area contributed by atoms with Crippen LogP contribution in [0.4, 0.5) is 14.7 Å². The van der Waals surface area contributed by atoms with Crippen molar-refractivity contribution in [1.29, 1.82) is 0 Å². The van der Waals surface area contributed by atoms with Crippen molar-refractivity contribution in [2.75, 3.05) is 24.7 Å². The highest BCUT2D eigenvalue weighted by Crippen LogP contribution is 2.24. The molecular weight excluding hydrogens is 616 g/mol. The Hall–Kier alpha value is -3.60. The third-order valence-electron chi connectivity index (χ3n) is 6.80. The second kappa shape index (κ2) is 11.6. The van der Waals surface area contributed by atoms with Crippen LogP contribution < -0.4 is 10.9 Å². The van der Waals surface area contributed by atoms with Crippen LogP contribution in [-0.4, -0.2) is 71.0 Å². The standard InChI is InChI=1S/C25H24ClF2N7O5S2/c1-41(37,38)34-6-4-18(5-7-34)32-25-31-12-17-9-20(22(27)28)24(36)35(23(17)33-25)14-15-2-3-21(30-10-15)16-8-19(13-29-11-16)42(26,39)40/h2-3,8-13,18,22H,4-7,14H2,1H3,(H,31,32,33). The summed E-state index contributed by atoms with van der Waals surface area (Å²) in [5.41, 5.74) is -0.238. The first kappa shape index (κ1) is 29.9. The average molecular weight is 640 g/mol. The zero-order valence-electron chi connectivity index (χ0n) is 22.0. The second-order valence-electron chi connectivity index (χ2n) is 9.74. The Balaban J connectivity index is 1.44. The molecule has 1 N–H and O–H groups in total. The Labute approximate surface area is 243 Å². The van der Waals surface area contributed by atoms with Gasteiger partial charge in [0.1, 0.15) is 10.5 Å². The molecule has 1 saturated heterocycles. The Kier molecular flexibility index (Phi) is 8.24. The second-order valence-corrected chi connectivity index (χ2v) is 14.3. The monoisotopic (exact) mass is 639 g/mol. The third kappa shape index (κ3) is 6.56. The Morgan fingerprint density at radius 1 is 1.05 bits per heavy atom. The molecule has 1 aliphatic rings. The van der Waals surface area contributed by atoms with Gasteiger partial charge in [-0.1, -0.05) is 6.07 Å². The van der Waals surface area contributed by atoms with E-state index in [-0.39, 0.29) is 34.5 Å². The van der Waals surface area contributed by atoms with Gasteiger partial charge in [0.25, 0.3) is 21.0 Å². The van der Waals surface area contributed by atoms with Crippen molar-refractivity contribution in [1.82, 2.24) is 28.8 Å². The molecule has 1 fully saturated rings. The zero-order valence-corrected chi connectivity index (χ0v) is 24.4. The Morgan fingerprint density at radius 3 is 2.40 bits per heavy atom. The maximum atomic E-state index is 13.8. The molecule has 222 valence electrons. The van der Waals surface area contributed by atoms with E-state index in [1.54, 1.807) is 12.1 Å².